The highest BCUT2D eigenvalue weighted by Crippen LogP contribution is 2.45. The van der Waals surface area contributed by atoms with Gasteiger partial charge in [0.2, 0.25) is 5.91 Å². The van der Waals surface area contributed by atoms with Gasteiger partial charge in [0.15, 0.2) is 5.17 Å². The molecule has 10 nitrogen and oxygen atoms in total. The number of amidine groups is 1. The molecule has 0 bridgehead atoms. The summed E-state index contributed by atoms with van der Waals surface area (Å²) in [5.74, 6) is -0.713. The van der Waals surface area contributed by atoms with Crippen molar-refractivity contribution in [3.05, 3.63) is 62.3 Å². The SMILES string of the molecule is COCCNC(=O)CC1=CSC2=NC(C)=C(C(=O)OC(C)C)[C@H](c3ccc([N+](=O)[O-])cc3)N12. The third kappa shape index (κ3) is 5.60. The Bertz CT molecular complexity index is 1030. The molecular weight excluding hydrogens is 448 g/mol. The van der Waals surface area contributed by atoms with Crippen LogP contribution in [0.5, 0.6) is 0 Å². The number of nitrogens with one attached hydrogen (secondary N) is 1. The molecule has 0 aromatic heterocycles. The highest BCUT2D eigenvalue weighted by Gasteiger charge is 2.41. The van der Waals surface area contributed by atoms with Crippen molar-refractivity contribution in [2.24, 2.45) is 4.99 Å². The molecule has 2 heterocycles. The fourth-order valence-electron chi connectivity index (χ4n) is 3.52. The largest absolute Gasteiger partial charge is 0.459 e. The number of allylic oxidation sites excluding steroid dienone is 1. The third-order valence-electron chi connectivity index (χ3n) is 4.95. The number of ether oxygens (including phenoxy) is 2. The number of hydrogen-bond donors (Lipinski definition) is 1. The standard InChI is InChI=1S/C22H26N4O6S/c1-13(2)32-21(28)19-14(3)24-22-25(17(12-33-22)11-18(27)23-9-10-31-4)20(19)15-5-7-16(8-6-15)26(29)30/h5-8,12-13,20H,9-11H2,1-4H3,(H,23,27)/t20-/m0/s1. The summed E-state index contributed by atoms with van der Waals surface area (Å²) in [6.07, 6.45) is -0.264. The Morgan fingerprint density at radius 2 is 2.00 bits per heavy atom. The van der Waals surface area contributed by atoms with E-state index in [2.05, 4.69) is 10.3 Å². The van der Waals surface area contributed by atoms with E-state index in [-0.39, 0.29) is 24.1 Å². The minimum atomic E-state index is -0.641. The second kappa shape index (κ2) is 10.6. The number of nitrogens with zero attached hydrogens (tertiary/aromatic N) is 3. The third-order valence-corrected chi connectivity index (χ3v) is 5.84. The molecule has 2 aliphatic heterocycles. The minimum Gasteiger partial charge on any atom is -0.459 e. The zero-order valence-electron chi connectivity index (χ0n) is 18.9. The number of thioether (sulfide) groups is 1. The number of aliphatic imine (C=N–C) groups is 1. The zero-order valence-corrected chi connectivity index (χ0v) is 19.7. The van der Waals surface area contributed by atoms with Crippen molar-refractivity contribution in [1.82, 2.24) is 10.2 Å². The Hall–Kier alpha value is -3.18. The summed E-state index contributed by atoms with van der Waals surface area (Å²) in [7, 11) is 1.56. The summed E-state index contributed by atoms with van der Waals surface area (Å²) >= 11 is 1.36. The fourth-order valence-corrected chi connectivity index (χ4v) is 4.49. The Morgan fingerprint density at radius 3 is 2.61 bits per heavy atom. The molecular formula is C22H26N4O6S. The number of benzene rings is 1. The van der Waals surface area contributed by atoms with E-state index in [9.17, 15) is 19.7 Å². The molecule has 1 aromatic rings. The van der Waals surface area contributed by atoms with Crippen LogP contribution in [-0.4, -0.2) is 53.2 Å². The molecule has 1 atom stereocenters. The van der Waals surface area contributed by atoms with Gasteiger partial charge in [-0.25, -0.2) is 9.79 Å². The first-order chi connectivity index (χ1) is 15.7. The summed E-state index contributed by atoms with van der Waals surface area (Å²) in [5, 5.41) is 16.4. The van der Waals surface area contributed by atoms with Crippen LogP contribution in [0.25, 0.3) is 0 Å². The Labute approximate surface area is 195 Å². The van der Waals surface area contributed by atoms with Crippen LogP contribution >= 0.6 is 11.8 Å². The summed E-state index contributed by atoms with van der Waals surface area (Å²) in [5.41, 5.74) is 2.09. The predicted octanol–water partition coefficient (Wildman–Crippen LogP) is 3.27. The van der Waals surface area contributed by atoms with Gasteiger partial charge in [-0.1, -0.05) is 11.8 Å². The maximum Gasteiger partial charge on any atom is 0.338 e. The number of carbonyl (C=O) groups excluding carboxylic acids is 2. The van der Waals surface area contributed by atoms with Crippen molar-refractivity contribution in [1.29, 1.82) is 0 Å². The molecule has 0 fully saturated rings. The second-order valence-corrected chi connectivity index (χ2v) is 8.55. The van der Waals surface area contributed by atoms with E-state index in [1.165, 1.54) is 23.9 Å². The first kappa shape index (κ1) is 24.5. The van der Waals surface area contributed by atoms with E-state index in [0.29, 0.717) is 40.8 Å². The number of esters is 1. The number of nitro groups is 1. The molecule has 1 amide bonds. The monoisotopic (exact) mass is 474 g/mol. The van der Waals surface area contributed by atoms with Crippen LogP contribution in [-0.2, 0) is 19.1 Å². The average molecular weight is 475 g/mol. The van der Waals surface area contributed by atoms with E-state index < -0.39 is 16.9 Å². The normalized spacial score (nSPS) is 17.5. The number of fused-ring (bicyclic) bond motifs is 1. The summed E-state index contributed by atoms with van der Waals surface area (Å²) in [4.78, 5) is 42.6. The fraction of sp³-hybridized carbons (Fsp3) is 0.409. The van der Waals surface area contributed by atoms with Crippen LogP contribution in [0.2, 0.25) is 0 Å². The smallest absolute Gasteiger partial charge is 0.338 e. The maximum atomic E-state index is 13.1. The van der Waals surface area contributed by atoms with Crippen molar-refractivity contribution in [3.8, 4) is 0 Å². The van der Waals surface area contributed by atoms with Gasteiger partial charge in [-0.15, -0.1) is 0 Å². The molecule has 0 radical (unpaired) electrons. The van der Waals surface area contributed by atoms with Crippen LogP contribution in [0, 0.1) is 10.1 Å². The van der Waals surface area contributed by atoms with Gasteiger partial charge >= 0.3 is 5.97 Å². The van der Waals surface area contributed by atoms with Crippen molar-refractivity contribution >= 4 is 34.5 Å². The average Bonchev–Trinajstić information content (AvgIpc) is 3.14. The molecule has 0 saturated carbocycles. The number of hydrogen-bond acceptors (Lipinski definition) is 9. The molecule has 11 heteroatoms. The highest BCUT2D eigenvalue weighted by atomic mass is 32.2. The minimum absolute atomic E-state index is 0.0560. The van der Waals surface area contributed by atoms with Gasteiger partial charge in [0.25, 0.3) is 5.69 Å². The van der Waals surface area contributed by atoms with Gasteiger partial charge in [-0.05, 0) is 43.9 Å². The lowest BCUT2D eigenvalue weighted by atomic mass is 9.93. The molecule has 1 N–H and O–H groups in total. The lowest BCUT2D eigenvalue weighted by molar-refractivity contribution is -0.384. The zero-order chi connectivity index (χ0) is 24.1. The van der Waals surface area contributed by atoms with Gasteiger partial charge < -0.3 is 19.7 Å². The van der Waals surface area contributed by atoms with Gasteiger partial charge in [-0.2, -0.15) is 0 Å². The molecule has 3 rings (SSSR count). The lowest BCUT2D eigenvalue weighted by Crippen LogP contribution is -2.38. The van der Waals surface area contributed by atoms with E-state index in [0.717, 1.165) is 0 Å². The summed E-state index contributed by atoms with van der Waals surface area (Å²) < 4.78 is 10.4. The van der Waals surface area contributed by atoms with E-state index in [1.54, 1.807) is 40.0 Å². The molecule has 33 heavy (non-hydrogen) atoms. The molecule has 0 spiro atoms. The van der Waals surface area contributed by atoms with Crippen molar-refractivity contribution in [2.45, 2.75) is 39.3 Å². The predicted molar refractivity (Wildman–Crippen MR) is 124 cm³/mol. The highest BCUT2D eigenvalue weighted by molar-refractivity contribution is 8.16. The van der Waals surface area contributed by atoms with Crippen LogP contribution in [0.1, 0.15) is 38.8 Å². The van der Waals surface area contributed by atoms with Gasteiger partial charge in [0, 0.05) is 31.5 Å². The number of rotatable bonds is 9. The second-order valence-electron chi connectivity index (χ2n) is 7.72. The van der Waals surface area contributed by atoms with Crippen molar-refractivity contribution in [2.75, 3.05) is 20.3 Å². The van der Waals surface area contributed by atoms with Gasteiger partial charge in [-0.3, -0.25) is 14.9 Å². The number of amides is 1. The van der Waals surface area contributed by atoms with E-state index in [4.69, 9.17) is 9.47 Å². The first-order valence-electron chi connectivity index (χ1n) is 10.4. The van der Waals surface area contributed by atoms with Crippen LogP contribution in [0.15, 0.2) is 51.6 Å². The summed E-state index contributed by atoms with van der Waals surface area (Å²) in [6, 6.07) is 5.37. The van der Waals surface area contributed by atoms with Crippen molar-refractivity contribution in [3.63, 3.8) is 0 Å². The van der Waals surface area contributed by atoms with Crippen LogP contribution in [0.4, 0.5) is 5.69 Å². The maximum absolute atomic E-state index is 13.1. The number of methoxy groups -OCH3 is 1. The topological polar surface area (TPSA) is 123 Å². The van der Waals surface area contributed by atoms with E-state index >= 15 is 0 Å². The Kier molecular flexibility index (Phi) is 7.88. The molecule has 0 unspecified atom stereocenters. The lowest BCUT2D eigenvalue weighted by Gasteiger charge is -2.36. The molecule has 1 aromatic carbocycles. The number of non-ortho nitro benzene ring substituents is 1. The van der Waals surface area contributed by atoms with Gasteiger partial charge in [0.05, 0.1) is 41.4 Å². The van der Waals surface area contributed by atoms with Gasteiger partial charge in [0.1, 0.15) is 0 Å². The molecule has 2 aliphatic rings. The van der Waals surface area contributed by atoms with Crippen LogP contribution < -0.4 is 5.32 Å². The Balaban J connectivity index is 1.99. The summed E-state index contributed by atoms with van der Waals surface area (Å²) in [6.45, 7) is 6.03. The Morgan fingerprint density at radius 1 is 1.30 bits per heavy atom. The molecule has 0 aliphatic carbocycles. The molecule has 176 valence electrons. The van der Waals surface area contributed by atoms with Crippen LogP contribution in [0.3, 0.4) is 0 Å². The number of carbonyl (C=O) groups is 2. The molecule has 0 saturated heterocycles. The first-order valence-corrected chi connectivity index (χ1v) is 11.3. The number of nitro benzene ring substituents is 1. The quantitative estimate of drug-likeness (QED) is 0.250. The van der Waals surface area contributed by atoms with E-state index in [1.807, 2.05) is 10.3 Å². The van der Waals surface area contributed by atoms with Crippen molar-refractivity contribution < 1.29 is 24.0 Å².